The van der Waals surface area contributed by atoms with Gasteiger partial charge in [-0.3, -0.25) is 9.10 Å². The summed E-state index contributed by atoms with van der Waals surface area (Å²) < 4.78 is 25.4. The SMILES string of the molecule is Cc1ccc(N(CC(=O)Nc2cccc(Cl)c2Cl)S(C)(=O)=O)c(C)c1. The molecule has 25 heavy (non-hydrogen) atoms. The van der Waals surface area contributed by atoms with Crippen LogP contribution < -0.4 is 9.62 Å². The molecule has 1 N–H and O–H groups in total. The lowest BCUT2D eigenvalue weighted by atomic mass is 10.1. The summed E-state index contributed by atoms with van der Waals surface area (Å²) in [4.78, 5) is 12.4. The zero-order valence-corrected chi connectivity index (χ0v) is 16.3. The maximum atomic E-state index is 12.4. The second-order valence-electron chi connectivity index (χ2n) is 5.71. The zero-order valence-electron chi connectivity index (χ0n) is 14.0. The molecule has 5 nitrogen and oxygen atoms in total. The summed E-state index contributed by atoms with van der Waals surface area (Å²) in [5, 5.41) is 3.10. The van der Waals surface area contributed by atoms with E-state index in [2.05, 4.69) is 5.32 Å². The summed E-state index contributed by atoms with van der Waals surface area (Å²) >= 11 is 12.0. The van der Waals surface area contributed by atoms with E-state index < -0.39 is 15.9 Å². The highest BCUT2D eigenvalue weighted by molar-refractivity contribution is 7.92. The van der Waals surface area contributed by atoms with Crippen LogP contribution in [0.25, 0.3) is 0 Å². The third-order valence-electron chi connectivity index (χ3n) is 3.53. The molecule has 0 spiro atoms. The minimum atomic E-state index is -3.65. The highest BCUT2D eigenvalue weighted by Crippen LogP contribution is 2.30. The largest absolute Gasteiger partial charge is 0.323 e. The normalized spacial score (nSPS) is 11.2. The molecule has 0 saturated carbocycles. The van der Waals surface area contributed by atoms with Crippen LogP contribution in [-0.2, 0) is 14.8 Å². The van der Waals surface area contributed by atoms with Gasteiger partial charge in [0.05, 0.1) is 27.7 Å². The molecule has 0 aliphatic carbocycles. The number of benzene rings is 2. The van der Waals surface area contributed by atoms with Crippen LogP contribution >= 0.6 is 23.2 Å². The van der Waals surface area contributed by atoms with Gasteiger partial charge in [0.15, 0.2) is 0 Å². The molecular formula is C17H18Cl2N2O3S. The van der Waals surface area contributed by atoms with Crippen LogP contribution in [0.4, 0.5) is 11.4 Å². The van der Waals surface area contributed by atoms with Gasteiger partial charge in [0, 0.05) is 0 Å². The van der Waals surface area contributed by atoms with E-state index >= 15 is 0 Å². The number of nitrogens with zero attached hydrogens (tertiary/aromatic N) is 1. The predicted molar refractivity (Wildman–Crippen MR) is 103 cm³/mol. The third kappa shape index (κ3) is 4.87. The van der Waals surface area contributed by atoms with Gasteiger partial charge in [-0.1, -0.05) is 47.0 Å². The van der Waals surface area contributed by atoms with Crippen molar-refractivity contribution in [3.8, 4) is 0 Å². The van der Waals surface area contributed by atoms with Gasteiger partial charge in [-0.2, -0.15) is 0 Å². The number of aryl methyl sites for hydroxylation is 2. The van der Waals surface area contributed by atoms with Crippen molar-refractivity contribution in [3.05, 3.63) is 57.6 Å². The number of halogens is 2. The molecule has 8 heteroatoms. The Hall–Kier alpha value is -1.76. The molecule has 0 bridgehead atoms. The summed E-state index contributed by atoms with van der Waals surface area (Å²) in [6, 6.07) is 10.2. The number of hydrogen-bond donors (Lipinski definition) is 1. The van der Waals surface area contributed by atoms with E-state index in [9.17, 15) is 13.2 Å². The van der Waals surface area contributed by atoms with Gasteiger partial charge in [0.2, 0.25) is 15.9 Å². The average molecular weight is 401 g/mol. The Bertz CT molecular complexity index is 914. The monoisotopic (exact) mass is 400 g/mol. The van der Waals surface area contributed by atoms with Crippen molar-refractivity contribution >= 4 is 50.5 Å². The Morgan fingerprint density at radius 1 is 1.16 bits per heavy atom. The maximum absolute atomic E-state index is 12.4. The number of amides is 1. The van der Waals surface area contributed by atoms with Crippen molar-refractivity contribution in [1.82, 2.24) is 0 Å². The van der Waals surface area contributed by atoms with E-state index in [1.165, 1.54) is 0 Å². The molecule has 2 rings (SSSR count). The van der Waals surface area contributed by atoms with Crippen LogP contribution in [0, 0.1) is 13.8 Å². The first kappa shape index (κ1) is 19.6. The van der Waals surface area contributed by atoms with Crippen molar-refractivity contribution in [1.29, 1.82) is 0 Å². The molecule has 0 atom stereocenters. The number of hydrogen-bond acceptors (Lipinski definition) is 3. The Balaban J connectivity index is 2.29. The summed E-state index contributed by atoms with van der Waals surface area (Å²) in [5.74, 6) is -0.519. The number of sulfonamides is 1. The lowest BCUT2D eigenvalue weighted by molar-refractivity contribution is -0.114. The van der Waals surface area contributed by atoms with Gasteiger partial charge in [-0.25, -0.2) is 8.42 Å². The Labute approximate surface area is 157 Å². The van der Waals surface area contributed by atoms with Gasteiger partial charge in [0.1, 0.15) is 6.54 Å². The second-order valence-corrected chi connectivity index (χ2v) is 8.40. The second kappa shape index (κ2) is 7.64. The molecule has 0 aliphatic heterocycles. The first-order chi connectivity index (χ1) is 11.6. The van der Waals surface area contributed by atoms with Crippen molar-refractivity contribution in [3.63, 3.8) is 0 Å². The van der Waals surface area contributed by atoms with Crippen LogP contribution in [0.15, 0.2) is 36.4 Å². The molecule has 2 aromatic rings. The summed E-state index contributed by atoms with van der Waals surface area (Å²) in [6.45, 7) is 3.34. The molecule has 0 unspecified atom stereocenters. The molecular weight excluding hydrogens is 383 g/mol. The predicted octanol–water partition coefficient (Wildman–Crippen LogP) is 4.01. The van der Waals surface area contributed by atoms with E-state index in [-0.39, 0.29) is 11.6 Å². The molecule has 0 fully saturated rings. The van der Waals surface area contributed by atoms with Crippen LogP contribution in [-0.4, -0.2) is 27.1 Å². The van der Waals surface area contributed by atoms with E-state index in [4.69, 9.17) is 23.2 Å². The number of carbonyl (C=O) groups excluding carboxylic acids is 1. The molecule has 0 aliphatic rings. The zero-order chi connectivity index (χ0) is 18.8. The molecule has 2 aromatic carbocycles. The lowest BCUT2D eigenvalue weighted by Gasteiger charge is -2.24. The van der Waals surface area contributed by atoms with Crippen molar-refractivity contribution in [2.24, 2.45) is 0 Å². The summed E-state index contributed by atoms with van der Waals surface area (Å²) in [5.41, 5.74) is 2.55. The van der Waals surface area contributed by atoms with Gasteiger partial charge < -0.3 is 5.32 Å². The topological polar surface area (TPSA) is 66.5 Å². The van der Waals surface area contributed by atoms with Crippen LogP contribution in [0.3, 0.4) is 0 Å². The van der Waals surface area contributed by atoms with Crippen molar-refractivity contribution < 1.29 is 13.2 Å². The van der Waals surface area contributed by atoms with Crippen molar-refractivity contribution in [2.45, 2.75) is 13.8 Å². The summed E-state index contributed by atoms with van der Waals surface area (Å²) in [6.07, 6.45) is 1.06. The smallest absolute Gasteiger partial charge is 0.245 e. The molecule has 0 saturated heterocycles. The highest BCUT2D eigenvalue weighted by atomic mass is 35.5. The molecule has 0 radical (unpaired) electrons. The van der Waals surface area contributed by atoms with Crippen LogP contribution in [0.1, 0.15) is 11.1 Å². The fourth-order valence-corrected chi connectivity index (χ4v) is 3.65. The number of nitrogens with one attached hydrogen (secondary N) is 1. The van der Waals surface area contributed by atoms with E-state index in [1.807, 2.05) is 13.0 Å². The van der Waals surface area contributed by atoms with E-state index in [0.29, 0.717) is 16.4 Å². The Morgan fingerprint density at radius 2 is 1.84 bits per heavy atom. The van der Waals surface area contributed by atoms with Crippen LogP contribution in [0.2, 0.25) is 10.0 Å². The quantitative estimate of drug-likeness (QED) is 0.823. The number of rotatable bonds is 5. The summed E-state index contributed by atoms with van der Waals surface area (Å²) in [7, 11) is -3.65. The Morgan fingerprint density at radius 3 is 2.44 bits per heavy atom. The van der Waals surface area contributed by atoms with Crippen molar-refractivity contribution in [2.75, 3.05) is 22.4 Å². The molecule has 0 heterocycles. The van der Waals surface area contributed by atoms with Crippen LogP contribution in [0.5, 0.6) is 0 Å². The highest BCUT2D eigenvalue weighted by Gasteiger charge is 2.23. The minimum Gasteiger partial charge on any atom is -0.323 e. The van der Waals surface area contributed by atoms with Gasteiger partial charge in [0.25, 0.3) is 0 Å². The number of carbonyl (C=O) groups is 1. The first-order valence-corrected chi connectivity index (χ1v) is 9.99. The average Bonchev–Trinajstić information content (AvgIpc) is 2.49. The van der Waals surface area contributed by atoms with Gasteiger partial charge >= 0.3 is 0 Å². The maximum Gasteiger partial charge on any atom is 0.245 e. The van der Waals surface area contributed by atoms with Gasteiger partial charge in [-0.05, 0) is 37.6 Å². The molecule has 0 aromatic heterocycles. The van der Waals surface area contributed by atoms with Gasteiger partial charge in [-0.15, -0.1) is 0 Å². The standard InChI is InChI=1S/C17H18Cl2N2O3S/c1-11-7-8-15(12(2)9-11)21(25(3,23)24)10-16(22)20-14-6-4-5-13(18)17(14)19/h4-9H,10H2,1-3H3,(H,20,22). The molecule has 134 valence electrons. The fraction of sp³-hybridized carbons (Fsp3) is 0.235. The lowest BCUT2D eigenvalue weighted by Crippen LogP contribution is -2.37. The molecule has 1 amide bonds. The Kier molecular flexibility index (Phi) is 5.98. The van der Waals surface area contributed by atoms with E-state index in [1.54, 1.807) is 37.3 Å². The minimum absolute atomic E-state index is 0.204. The van der Waals surface area contributed by atoms with E-state index in [0.717, 1.165) is 21.7 Å². The number of anilines is 2. The first-order valence-electron chi connectivity index (χ1n) is 7.38. The third-order valence-corrected chi connectivity index (χ3v) is 5.48. The fourth-order valence-electron chi connectivity index (χ4n) is 2.39.